The predicted molar refractivity (Wildman–Crippen MR) is 98.5 cm³/mol. The van der Waals surface area contributed by atoms with Gasteiger partial charge in [-0.2, -0.15) is 0 Å². The summed E-state index contributed by atoms with van der Waals surface area (Å²) < 4.78 is 2.18. The zero-order chi connectivity index (χ0) is 17.6. The second-order valence-corrected chi connectivity index (χ2v) is 6.22. The van der Waals surface area contributed by atoms with Crippen LogP contribution in [0.2, 0.25) is 0 Å². The number of hydrogen-bond donors (Lipinski definition) is 1. The Morgan fingerprint density at radius 3 is 2.64 bits per heavy atom. The third-order valence-electron chi connectivity index (χ3n) is 4.35. The number of aliphatic hydroxyl groups excluding tert-OH is 1. The highest BCUT2D eigenvalue weighted by molar-refractivity contribution is 5.36. The second kappa shape index (κ2) is 8.05. The fourth-order valence-corrected chi connectivity index (χ4v) is 3.17. The molecule has 5 heteroatoms. The molecule has 130 valence electrons. The molecule has 0 aliphatic rings. The number of rotatable bonds is 7. The lowest BCUT2D eigenvalue weighted by Crippen LogP contribution is -2.26. The van der Waals surface area contributed by atoms with Crippen LogP contribution in [-0.4, -0.2) is 37.7 Å². The van der Waals surface area contributed by atoms with Gasteiger partial charge in [0.05, 0.1) is 6.61 Å². The van der Waals surface area contributed by atoms with Gasteiger partial charge in [-0.3, -0.25) is 9.88 Å². The smallest absolute Gasteiger partial charge is 0.136 e. The van der Waals surface area contributed by atoms with E-state index in [9.17, 15) is 5.11 Å². The first-order valence-corrected chi connectivity index (χ1v) is 8.50. The monoisotopic (exact) mass is 336 g/mol. The minimum absolute atomic E-state index is 0.138. The number of aromatic nitrogens is 3. The van der Waals surface area contributed by atoms with Gasteiger partial charge >= 0.3 is 0 Å². The molecule has 3 rings (SSSR count). The molecule has 0 bridgehead atoms. The maximum absolute atomic E-state index is 9.43. The summed E-state index contributed by atoms with van der Waals surface area (Å²) in [5.74, 6) is 0.935. The van der Waals surface area contributed by atoms with Gasteiger partial charge in [0, 0.05) is 49.6 Å². The molecule has 0 aliphatic carbocycles. The number of hydrogen-bond acceptors (Lipinski definition) is 4. The molecule has 3 aromatic rings. The molecule has 1 N–H and O–H groups in total. The Balaban J connectivity index is 1.83. The van der Waals surface area contributed by atoms with Gasteiger partial charge in [0.1, 0.15) is 5.82 Å². The molecule has 0 amide bonds. The Morgan fingerprint density at radius 2 is 1.96 bits per heavy atom. The van der Waals surface area contributed by atoms with E-state index in [1.165, 1.54) is 11.3 Å². The van der Waals surface area contributed by atoms with Crippen molar-refractivity contribution in [3.05, 3.63) is 77.5 Å². The van der Waals surface area contributed by atoms with Crippen LogP contribution in [-0.2, 0) is 13.1 Å². The van der Waals surface area contributed by atoms with Crippen LogP contribution in [0.25, 0.3) is 5.82 Å². The van der Waals surface area contributed by atoms with Crippen molar-refractivity contribution in [3.8, 4) is 5.82 Å². The van der Waals surface area contributed by atoms with E-state index in [-0.39, 0.29) is 6.61 Å². The fourth-order valence-electron chi connectivity index (χ4n) is 3.17. The van der Waals surface area contributed by atoms with Crippen molar-refractivity contribution in [2.24, 2.45) is 0 Å². The third-order valence-corrected chi connectivity index (χ3v) is 4.35. The molecule has 5 nitrogen and oxygen atoms in total. The highest BCUT2D eigenvalue weighted by Gasteiger charge is 2.14. The standard InChI is InChI=1S/C20H24N4O/c1-16-12-19(17(2)24(16)20-7-3-4-9-22-20)15-23(10-11-25)14-18-6-5-8-21-13-18/h3-9,12-13,25H,10-11,14-15H2,1-2H3. The molecule has 0 aliphatic heterocycles. The average Bonchev–Trinajstić information content (AvgIpc) is 2.90. The van der Waals surface area contributed by atoms with Crippen LogP contribution in [0.15, 0.2) is 55.0 Å². The van der Waals surface area contributed by atoms with E-state index < -0.39 is 0 Å². The third kappa shape index (κ3) is 4.13. The molecule has 0 radical (unpaired) electrons. The van der Waals surface area contributed by atoms with E-state index in [2.05, 4.69) is 45.4 Å². The van der Waals surface area contributed by atoms with Gasteiger partial charge in [0.2, 0.25) is 0 Å². The summed E-state index contributed by atoms with van der Waals surface area (Å²) in [4.78, 5) is 10.9. The first-order valence-electron chi connectivity index (χ1n) is 8.50. The van der Waals surface area contributed by atoms with Crippen molar-refractivity contribution in [2.75, 3.05) is 13.2 Å². The molecular weight excluding hydrogens is 312 g/mol. The summed E-state index contributed by atoms with van der Waals surface area (Å²) in [5.41, 5.74) is 4.75. The number of pyridine rings is 2. The second-order valence-electron chi connectivity index (χ2n) is 6.22. The lowest BCUT2D eigenvalue weighted by molar-refractivity contribution is 0.184. The van der Waals surface area contributed by atoms with E-state index in [1.807, 2.05) is 36.7 Å². The predicted octanol–water partition coefficient (Wildman–Crippen LogP) is 2.88. The SMILES string of the molecule is Cc1cc(CN(CCO)Cc2cccnc2)c(C)n1-c1ccccn1. The van der Waals surface area contributed by atoms with Crippen molar-refractivity contribution in [1.82, 2.24) is 19.4 Å². The Bertz CT molecular complexity index is 799. The molecule has 0 atom stereocenters. The van der Waals surface area contributed by atoms with Gasteiger partial charge in [0.15, 0.2) is 0 Å². The van der Waals surface area contributed by atoms with Crippen molar-refractivity contribution in [3.63, 3.8) is 0 Å². The highest BCUT2D eigenvalue weighted by atomic mass is 16.3. The average molecular weight is 336 g/mol. The van der Waals surface area contributed by atoms with E-state index >= 15 is 0 Å². The summed E-state index contributed by atoms with van der Waals surface area (Å²) in [6, 6.07) is 12.2. The Kier molecular flexibility index (Phi) is 5.58. The summed E-state index contributed by atoms with van der Waals surface area (Å²) in [7, 11) is 0. The van der Waals surface area contributed by atoms with E-state index in [1.54, 1.807) is 6.20 Å². The van der Waals surface area contributed by atoms with Gasteiger partial charge in [0.25, 0.3) is 0 Å². The van der Waals surface area contributed by atoms with Crippen LogP contribution in [0.4, 0.5) is 0 Å². The zero-order valence-electron chi connectivity index (χ0n) is 14.8. The number of aryl methyl sites for hydroxylation is 1. The molecule has 0 aromatic carbocycles. The minimum Gasteiger partial charge on any atom is -0.395 e. The summed E-state index contributed by atoms with van der Waals surface area (Å²) in [5, 5.41) is 9.43. The number of nitrogens with zero attached hydrogens (tertiary/aromatic N) is 4. The highest BCUT2D eigenvalue weighted by Crippen LogP contribution is 2.21. The van der Waals surface area contributed by atoms with Gasteiger partial charge < -0.3 is 9.67 Å². The van der Waals surface area contributed by atoms with Crippen LogP contribution in [0.5, 0.6) is 0 Å². The van der Waals surface area contributed by atoms with Crippen LogP contribution >= 0.6 is 0 Å². The van der Waals surface area contributed by atoms with E-state index in [4.69, 9.17) is 0 Å². The Morgan fingerprint density at radius 1 is 1.08 bits per heavy atom. The fraction of sp³-hybridized carbons (Fsp3) is 0.300. The quantitative estimate of drug-likeness (QED) is 0.721. The molecule has 3 aromatic heterocycles. The van der Waals surface area contributed by atoms with Crippen LogP contribution in [0, 0.1) is 13.8 Å². The lowest BCUT2D eigenvalue weighted by Gasteiger charge is -2.21. The van der Waals surface area contributed by atoms with Gasteiger partial charge in [-0.25, -0.2) is 4.98 Å². The molecule has 0 saturated carbocycles. The largest absolute Gasteiger partial charge is 0.395 e. The maximum Gasteiger partial charge on any atom is 0.136 e. The molecule has 25 heavy (non-hydrogen) atoms. The normalized spacial score (nSPS) is 11.2. The Labute approximate surface area is 148 Å². The van der Waals surface area contributed by atoms with Crippen LogP contribution in [0.3, 0.4) is 0 Å². The van der Waals surface area contributed by atoms with Crippen molar-refractivity contribution >= 4 is 0 Å². The van der Waals surface area contributed by atoms with Gasteiger partial charge in [-0.1, -0.05) is 12.1 Å². The van der Waals surface area contributed by atoms with Crippen molar-refractivity contribution in [1.29, 1.82) is 0 Å². The molecule has 0 spiro atoms. The Hall–Kier alpha value is -2.50. The molecule has 3 heterocycles. The maximum atomic E-state index is 9.43. The summed E-state index contributed by atoms with van der Waals surface area (Å²) >= 11 is 0. The first-order chi connectivity index (χ1) is 12.2. The zero-order valence-corrected chi connectivity index (χ0v) is 14.8. The van der Waals surface area contributed by atoms with Gasteiger partial charge in [-0.05, 0) is 49.2 Å². The molecule has 0 unspecified atom stereocenters. The molecule has 0 fully saturated rings. The summed E-state index contributed by atoms with van der Waals surface area (Å²) in [6.45, 7) is 6.53. The van der Waals surface area contributed by atoms with Crippen LogP contribution in [0.1, 0.15) is 22.5 Å². The minimum atomic E-state index is 0.138. The van der Waals surface area contributed by atoms with Crippen molar-refractivity contribution < 1.29 is 5.11 Å². The van der Waals surface area contributed by atoms with Crippen molar-refractivity contribution in [2.45, 2.75) is 26.9 Å². The molecular formula is C20H24N4O. The number of aliphatic hydroxyl groups is 1. The van der Waals surface area contributed by atoms with Gasteiger partial charge in [-0.15, -0.1) is 0 Å². The van der Waals surface area contributed by atoms with E-state index in [0.717, 1.165) is 30.2 Å². The lowest BCUT2D eigenvalue weighted by atomic mass is 10.2. The summed E-state index contributed by atoms with van der Waals surface area (Å²) in [6.07, 6.45) is 5.47. The van der Waals surface area contributed by atoms with E-state index in [0.29, 0.717) is 6.54 Å². The molecule has 0 saturated heterocycles. The topological polar surface area (TPSA) is 54.2 Å². The van der Waals surface area contributed by atoms with Crippen LogP contribution < -0.4 is 0 Å². The first kappa shape index (κ1) is 17.3.